The van der Waals surface area contributed by atoms with Crippen LogP contribution in [-0.2, 0) is 10.0 Å². The lowest BCUT2D eigenvalue weighted by Gasteiger charge is -2.14. The number of sulfonamides is 1. The smallest absolute Gasteiger partial charge is 0.270 e. The van der Waals surface area contributed by atoms with Crippen LogP contribution in [0.2, 0.25) is 0 Å². The number of hydrazone groups is 1. The van der Waals surface area contributed by atoms with Crippen molar-refractivity contribution in [2.75, 3.05) is 17.3 Å². The Labute approximate surface area is 178 Å². The zero-order valence-corrected chi connectivity index (χ0v) is 17.5. The fraction of sp³-hybridized carbons (Fsp3) is 0.100. The Morgan fingerprint density at radius 3 is 2.58 bits per heavy atom. The number of nitrogens with zero attached hydrogens (tertiary/aromatic N) is 3. The summed E-state index contributed by atoms with van der Waals surface area (Å²) < 4.78 is 33.8. The van der Waals surface area contributed by atoms with Crippen LogP contribution in [0.5, 0.6) is 5.75 Å². The molecule has 0 atom stereocenters. The largest absolute Gasteiger partial charge is 0.495 e. The van der Waals surface area contributed by atoms with E-state index in [2.05, 4.69) is 20.2 Å². The molecule has 11 heteroatoms. The van der Waals surface area contributed by atoms with E-state index in [4.69, 9.17) is 4.74 Å². The van der Waals surface area contributed by atoms with E-state index in [1.54, 1.807) is 49.6 Å². The minimum atomic E-state index is -4.22. The third-order valence-electron chi connectivity index (χ3n) is 4.24. The van der Waals surface area contributed by atoms with Crippen LogP contribution in [0.1, 0.15) is 12.5 Å². The number of anilines is 2. The van der Waals surface area contributed by atoms with E-state index in [9.17, 15) is 18.5 Å². The van der Waals surface area contributed by atoms with Gasteiger partial charge in [-0.1, -0.05) is 18.2 Å². The number of benzene rings is 2. The van der Waals surface area contributed by atoms with Crippen LogP contribution in [0, 0.1) is 10.1 Å². The number of nitro groups is 1. The van der Waals surface area contributed by atoms with Crippen molar-refractivity contribution in [3.8, 4) is 5.75 Å². The van der Waals surface area contributed by atoms with Gasteiger partial charge in [-0.05, 0) is 31.2 Å². The summed E-state index contributed by atoms with van der Waals surface area (Å²) in [5.41, 5.74) is 3.85. The highest BCUT2D eigenvalue weighted by molar-refractivity contribution is 7.93. The van der Waals surface area contributed by atoms with Gasteiger partial charge in [-0.3, -0.25) is 25.2 Å². The molecule has 0 spiro atoms. The number of nitrogens with one attached hydrogen (secondary N) is 2. The second kappa shape index (κ2) is 9.22. The first-order chi connectivity index (χ1) is 14.8. The van der Waals surface area contributed by atoms with E-state index < -0.39 is 14.9 Å². The minimum absolute atomic E-state index is 0.0660. The van der Waals surface area contributed by atoms with Crippen molar-refractivity contribution in [2.24, 2.45) is 5.10 Å². The van der Waals surface area contributed by atoms with Crippen LogP contribution >= 0.6 is 0 Å². The van der Waals surface area contributed by atoms with Gasteiger partial charge < -0.3 is 4.74 Å². The van der Waals surface area contributed by atoms with Crippen LogP contribution in [0.15, 0.2) is 77.0 Å². The van der Waals surface area contributed by atoms with Crippen LogP contribution in [0.25, 0.3) is 0 Å². The molecule has 10 nitrogen and oxygen atoms in total. The fourth-order valence-corrected chi connectivity index (χ4v) is 3.90. The lowest BCUT2D eigenvalue weighted by atomic mass is 10.2. The molecule has 1 heterocycles. The van der Waals surface area contributed by atoms with Gasteiger partial charge in [0.05, 0.1) is 29.1 Å². The Morgan fingerprint density at radius 2 is 1.90 bits per heavy atom. The summed E-state index contributed by atoms with van der Waals surface area (Å²) in [5.74, 6) is 0.302. The maximum atomic E-state index is 13.1. The highest BCUT2D eigenvalue weighted by Crippen LogP contribution is 2.31. The molecule has 0 unspecified atom stereocenters. The summed E-state index contributed by atoms with van der Waals surface area (Å²) in [6, 6.07) is 13.4. The number of methoxy groups -OCH3 is 1. The standard InChI is InChI=1S/C20H19N5O5S/c1-14(15-6-5-11-21-13-15)22-23-18-10-9-16(25(26)27)12-20(18)31(28,29)24-17-7-3-4-8-19(17)30-2/h3-13,23-24H,1-2H3/b22-14+. The van der Waals surface area contributed by atoms with Gasteiger partial charge in [-0.25, -0.2) is 8.42 Å². The van der Waals surface area contributed by atoms with Gasteiger partial charge in [0.15, 0.2) is 0 Å². The van der Waals surface area contributed by atoms with Gasteiger partial charge >= 0.3 is 0 Å². The topological polar surface area (TPSA) is 136 Å². The van der Waals surface area contributed by atoms with E-state index in [1.807, 2.05) is 0 Å². The average molecular weight is 441 g/mol. The molecule has 160 valence electrons. The van der Waals surface area contributed by atoms with Gasteiger partial charge in [0.2, 0.25) is 0 Å². The summed E-state index contributed by atoms with van der Waals surface area (Å²) in [6.45, 7) is 1.72. The fourth-order valence-electron chi connectivity index (χ4n) is 2.65. The molecule has 0 aliphatic rings. The maximum Gasteiger partial charge on any atom is 0.270 e. The number of hydrogen-bond acceptors (Lipinski definition) is 8. The van der Waals surface area contributed by atoms with Crippen LogP contribution in [0.3, 0.4) is 0 Å². The van der Waals surface area contributed by atoms with Gasteiger partial charge in [0.25, 0.3) is 15.7 Å². The number of rotatable bonds is 8. The van der Waals surface area contributed by atoms with Gasteiger partial charge in [0, 0.05) is 30.1 Å². The summed E-state index contributed by atoms with van der Waals surface area (Å²) >= 11 is 0. The van der Waals surface area contributed by atoms with Crippen LogP contribution in [-0.4, -0.2) is 31.1 Å². The molecule has 0 amide bonds. The van der Waals surface area contributed by atoms with Crippen LogP contribution < -0.4 is 14.9 Å². The summed E-state index contributed by atoms with van der Waals surface area (Å²) in [6.07, 6.45) is 3.23. The van der Waals surface area contributed by atoms with Crippen molar-refractivity contribution in [3.05, 3.63) is 82.7 Å². The Balaban J connectivity index is 2.01. The van der Waals surface area contributed by atoms with E-state index in [0.717, 1.165) is 11.6 Å². The highest BCUT2D eigenvalue weighted by Gasteiger charge is 2.24. The molecule has 0 saturated carbocycles. The third kappa shape index (κ3) is 5.14. The molecule has 0 aliphatic carbocycles. The van der Waals surface area contributed by atoms with Crippen molar-refractivity contribution < 1.29 is 18.1 Å². The Hall–Kier alpha value is -3.99. The molecule has 0 fully saturated rings. The Kier molecular flexibility index (Phi) is 6.46. The second-order valence-electron chi connectivity index (χ2n) is 6.29. The lowest BCUT2D eigenvalue weighted by Crippen LogP contribution is -2.16. The van der Waals surface area contributed by atoms with E-state index >= 15 is 0 Å². The molecule has 3 rings (SSSR count). The third-order valence-corrected chi connectivity index (χ3v) is 5.65. The molecule has 31 heavy (non-hydrogen) atoms. The Bertz CT molecular complexity index is 1230. The SMILES string of the molecule is COc1ccccc1NS(=O)(=O)c1cc([N+](=O)[O-])ccc1N/N=C(\C)c1cccnc1. The minimum Gasteiger partial charge on any atom is -0.495 e. The zero-order valence-electron chi connectivity index (χ0n) is 16.6. The summed E-state index contributed by atoms with van der Waals surface area (Å²) in [7, 11) is -2.82. The summed E-state index contributed by atoms with van der Waals surface area (Å²) in [5, 5.41) is 15.4. The van der Waals surface area contributed by atoms with Crippen molar-refractivity contribution >= 4 is 32.8 Å². The van der Waals surface area contributed by atoms with E-state index in [1.165, 1.54) is 25.3 Å². The number of aromatic nitrogens is 1. The van der Waals surface area contributed by atoms with E-state index in [0.29, 0.717) is 11.5 Å². The number of hydrogen-bond donors (Lipinski definition) is 2. The van der Waals surface area contributed by atoms with Crippen molar-refractivity contribution in [3.63, 3.8) is 0 Å². The first kappa shape index (κ1) is 21.7. The molecular formula is C20H19N5O5S. The molecule has 1 aromatic heterocycles. The lowest BCUT2D eigenvalue weighted by molar-refractivity contribution is -0.385. The van der Waals surface area contributed by atoms with E-state index in [-0.39, 0.29) is 22.0 Å². The zero-order chi connectivity index (χ0) is 22.4. The van der Waals surface area contributed by atoms with Gasteiger partial charge in [-0.2, -0.15) is 5.10 Å². The molecule has 2 aromatic carbocycles. The Morgan fingerprint density at radius 1 is 1.13 bits per heavy atom. The normalized spacial score (nSPS) is 11.6. The number of para-hydroxylation sites is 2. The quantitative estimate of drug-likeness (QED) is 0.309. The number of ether oxygens (including phenoxy) is 1. The van der Waals surface area contributed by atoms with Crippen molar-refractivity contribution in [2.45, 2.75) is 11.8 Å². The van der Waals surface area contributed by atoms with Crippen molar-refractivity contribution in [1.82, 2.24) is 4.98 Å². The average Bonchev–Trinajstić information content (AvgIpc) is 2.78. The number of non-ortho nitro benzene ring substituents is 1. The monoisotopic (exact) mass is 441 g/mol. The number of nitro benzene ring substituents is 1. The molecule has 0 saturated heterocycles. The predicted molar refractivity (Wildman–Crippen MR) is 117 cm³/mol. The molecule has 0 bridgehead atoms. The number of pyridine rings is 1. The predicted octanol–water partition coefficient (Wildman–Crippen LogP) is 3.64. The maximum absolute atomic E-state index is 13.1. The van der Waals surface area contributed by atoms with Gasteiger partial charge in [-0.15, -0.1) is 0 Å². The molecule has 0 aliphatic heterocycles. The molecule has 2 N–H and O–H groups in total. The highest BCUT2D eigenvalue weighted by atomic mass is 32.2. The van der Waals surface area contributed by atoms with Gasteiger partial charge in [0.1, 0.15) is 10.6 Å². The molecular weight excluding hydrogens is 422 g/mol. The first-order valence-corrected chi connectivity index (χ1v) is 10.4. The first-order valence-electron chi connectivity index (χ1n) is 8.97. The molecule has 3 aromatic rings. The van der Waals surface area contributed by atoms with Crippen LogP contribution in [0.4, 0.5) is 17.1 Å². The molecule has 0 radical (unpaired) electrons. The second-order valence-corrected chi connectivity index (χ2v) is 7.94. The summed E-state index contributed by atoms with van der Waals surface area (Å²) in [4.78, 5) is 14.2. The van der Waals surface area contributed by atoms with Crippen molar-refractivity contribution in [1.29, 1.82) is 0 Å².